The fourth-order valence-corrected chi connectivity index (χ4v) is 11.7. The van der Waals surface area contributed by atoms with Gasteiger partial charge in [0.25, 0.3) is 0 Å². The number of methoxy groups -OCH3 is 1. The average molecular weight is 1050 g/mol. The molecule has 0 heterocycles. The van der Waals surface area contributed by atoms with E-state index in [4.69, 9.17) is 29.4 Å². The Morgan fingerprint density at radius 3 is 0.933 bits per heavy atom. The lowest BCUT2D eigenvalue weighted by atomic mass is 9.83. The monoisotopic (exact) mass is 1050 g/mol. The Kier molecular flexibility index (Phi) is 50.8. The summed E-state index contributed by atoms with van der Waals surface area (Å²) in [5.74, 6) is 1.94. The Morgan fingerprint density at radius 2 is 0.653 bits per heavy atom. The second kappa shape index (κ2) is 54.6. The van der Waals surface area contributed by atoms with Crippen molar-refractivity contribution in [2.45, 2.75) is 367 Å². The van der Waals surface area contributed by atoms with E-state index >= 15 is 0 Å². The van der Waals surface area contributed by atoms with Crippen molar-refractivity contribution in [3.8, 4) is 11.5 Å². The first-order valence-electron chi connectivity index (χ1n) is 34.0. The van der Waals surface area contributed by atoms with Gasteiger partial charge in [-0.25, -0.2) is 0 Å². The normalized spacial score (nSPS) is 16.8. The summed E-state index contributed by atoms with van der Waals surface area (Å²) >= 11 is 0. The highest BCUT2D eigenvalue weighted by Gasteiger charge is 2.40. The molecule has 1 aliphatic rings. The Hall–Kier alpha value is -1.34. The molecule has 0 spiro atoms. The predicted molar refractivity (Wildman–Crippen MR) is 327 cm³/mol. The molecule has 6 heteroatoms. The molecule has 0 aromatic heterocycles. The molecule has 0 amide bonds. The van der Waals surface area contributed by atoms with Crippen LogP contribution in [0.5, 0.6) is 11.5 Å². The molecule has 2 rings (SSSR count). The van der Waals surface area contributed by atoms with Gasteiger partial charge < -0.3 is 29.4 Å². The highest BCUT2D eigenvalue weighted by molar-refractivity contribution is 5.40. The summed E-state index contributed by atoms with van der Waals surface area (Å²) in [4.78, 5) is 0. The summed E-state index contributed by atoms with van der Waals surface area (Å²) < 4.78 is 33.0. The predicted octanol–water partition coefficient (Wildman–Crippen LogP) is 21.9. The van der Waals surface area contributed by atoms with Gasteiger partial charge in [0, 0.05) is 38.0 Å². The van der Waals surface area contributed by atoms with E-state index in [0.717, 1.165) is 69.0 Å². The maximum absolute atomic E-state index is 6.95. The van der Waals surface area contributed by atoms with Gasteiger partial charge in [0.05, 0.1) is 25.9 Å². The molecule has 1 aliphatic carbocycles. The van der Waals surface area contributed by atoms with Gasteiger partial charge in [-0.1, -0.05) is 316 Å². The molecule has 1 aromatic carbocycles. The second-order valence-corrected chi connectivity index (χ2v) is 23.9. The summed E-state index contributed by atoms with van der Waals surface area (Å²) in [7, 11) is 1.71. The van der Waals surface area contributed by atoms with Crippen molar-refractivity contribution in [1.82, 2.24) is 0 Å². The minimum absolute atomic E-state index is 0.0137. The Morgan fingerprint density at radius 1 is 0.373 bits per heavy atom. The molecule has 2 unspecified atom stereocenters. The molecular formula is C69H131NO5. The Balaban J connectivity index is 1.87. The molecule has 6 nitrogen and oxygen atoms in total. The molecule has 1 saturated carbocycles. The second-order valence-electron chi connectivity index (χ2n) is 23.9. The lowest BCUT2D eigenvalue weighted by Gasteiger charge is -2.41. The zero-order chi connectivity index (χ0) is 53.6. The number of unbranched alkanes of at least 4 members (excludes halogenated alkanes) is 45. The van der Waals surface area contributed by atoms with Crippen LogP contribution in [-0.4, -0.2) is 51.8 Å². The highest BCUT2D eigenvalue weighted by atomic mass is 16.6. The number of hydrogen-bond acceptors (Lipinski definition) is 6. The van der Waals surface area contributed by atoms with Gasteiger partial charge in [-0.2, -0.15) is 0 Å². The molecule has 0 bridgehead atoms. The SMILES string of the molecule is CCCCCCCCCCCCCCCCCCOC1CC(COc2cc(OC)ccc2CN)CC(OCCCCCCCCCCCCCCCCCC)C1OCCCCCCCCCCCCCCCCCC. The van der Waals surface area contributed by atoms with Crippen molar-refractivity contribution in [1.29, 1.82) is 0 Å². The average Bonchev–Trinajstić information content (AvgIpc) is 3.43. The molecule has 2 atom stereocenters. The van der Waals surface area contributed by atoms with E-state index in [0.29, 0.717) is 19.1 Å². The van der Waals surface area contributed by atoms with Crippen LogP contribution >= 0.6 is 0 Å². The first-order chi connectivity index (χ1) is 37.2. The topological polar surface area (TPSA) is 72.2 Å². The van der Waals surface area contributed by atoms with Crippen molar-refractivity contribution in [2.75, 3.05) is 33.5 Å². The number of rotatable bonds is 59. The molecular weight excluding hydrogens is 923 g/mol. The quantitative estimate of drug-likeness (QED) is 0.0656. The van der Waals surface area contributed by atoms with E-state index in [1.54, 1.807) is 7.11 Å². The number of ether oxygens (including phenoxy) is 5. The van der Waals surface area contributed by atoms with Crippen LogP contribution in [0, 0.1) is 5.92 Å². The van der Waals surface area contributed by atoms with E-state index in [-0.39, 0.29) is 18.3 Å². The third kappa shape index (κ3) is 41.4. The van der Waals surface area contributed by atoms with Gasteiger partial charge in [-0.05, 0) is 44.1 Å². The van der Waals surface area contributed by atoms with Crippen LogP contribution in [0.4, 0.5) is 0 Å². The van der Waals surface area contributed by atoms with Gasteiger partial charge in [-0.15, -0.1) is 0 Å². The van der Waals surface area contributed by atoms with Crippen LogP contribution < -0.4 is 15.2 Å². The van der Waals surface area contributed by atoms with E-state index in [2.05, 4.69) is 20.8 Å². The summed E-state index contributed by atoms with van der Waals surface area (Å²) in [6, 6.07) is 6.00. The van der Waals surface area contributed by atoms with Crippen LogP contribution in [0.1, 0.15) is 347 Å². The fraction of sp³-hybridized carbons (Fsp3) is 0.913. The fourth-order valence-electron chi connectivity index (χ4n) is 11.7. The minimum Gasteiger partial charge on any atom is -0.497 e. The van der Waals surface area contributed by atoms with Crippen LogP contribution in [-0.2, 0) is 20.8 Å². The standard InChI is InChI=1S/C69H131NO5/c1-5-8-11-14-17-20-23-26-29-32-35-38-41-44-47-50-55-72-67-58-63(62-75-66-60-65(71-4)54-53-64(66)61-70)59-68(73-56-51-48-45-42-39-36-33-30-27-24-21-18-15-12-9-6-2)69(67)74-57-52-49-46-43-40-37-34-31-28-25-22-19-16-13-10-7-3/h53-54,60,63,67-69H,5-52,55-59,61-62,70H2,1-4H3. The van der Waals surface area contributed by atoms with Crippen LogP contribution in [0.3, 0.4) is 0 Å². The smallest absolute Gasteiger partial charge is 0.127 e. The molecule has 1 aromatic rings. The van der Waals surface area contributed by atoms with Crippen LogP contribution in [0.15, 0.2) is 18.2 Å². The third-order valence-corrected chi connectivity index (χ3v) is 16.8. The number of hydrogen-bond donors (Lipinski definition) is 1. The summed E-state index contributed by atoms with van der Waals surface area (Å²) in [6.07, 6.45) is 68.1. The van der Waals surface area contributed by atoms with Gasteiger partial charge in [-0.3, -0.25) is 0 Å². The zero-order valence-electron chi connectivity index (χ0n) is 51.1. The highest BCUT2D eigenvalue weighted by Crippen LogP contribution is 2.34. The van der Waals surface area contributed by atoms with Gasteiger partial charge in [0.1, 0.15) is 17.6 Å². The maximum Gasteiger partial charge on any atom is 0.127 e. The van der Waals surface area contributed by atoms with Gasteiger partial charge in [0.2, 0.25) is 0 Å². The lowest BCUT2D eigenvalue weighted by molar-refractivity contribution is -0.172. The largest absolute Gasteiger partial charge is 0.497 e. The van der Waals surface area contributed by atoms with Crippen molar-refractivity contribution in [3.05, 3.63) is 23.8 Å². The lowest BCUT2D eigenvalue weighted by Crippen LogP contribution is -2.50. The molecule has 2 N–H and O–H groups in total. The molecule has 1 fully saturated rings. The summed E-state index contributed by atoms with van der Waals surface area (Å²) in [5.41, 5.74) is 7.19. The first kappa shape index (κ1) is 69.8. The van der Waals surface area contributed by atoms with E-state index in [1.807, 2.05) is 18.2 Å². The van der Waals surface area contributed by atoms with Gasteiger partial charge in [0.15, 0.2) is 0 Å². The zero-order valence-corrected chi connectivity index (χ0v) is 51.1. The molecule has 442 valence electrons. The van der Waals surface area contributed by atoms with E-state index in [9.17, 15) is 0 Å². The Bertz CT molecular complexity index is 1240. The van der Waals surface area contributed by atoms with Gasteiger partial charge >= 0.3 is 0 Å². The van der Waals surface area contributed by atoms with Crippen molar-refractivity contribution >= 4 is 0 Å². The Labute approximate surface area is 468 Å². The number of benzene rings is 1. The van der Waals surface area contributed by atoms with Crippen molar-refractivity contribution in [2.24, 2.45) is 11.7 Å². The van der Waals surface area contributed by atoms with Crippen LogP contribution in [0.25, 0.3) is 0 Å². The molecule has 0 saturated heterocycles. The van der Waals surface area contributed by atoms with E-state index < -0.39 is 0 Å². The van der Waals surface area contributed by atoms with E-state index in [1.165, 1.54) is 289 Å². The summed E-state index contributed by atoms with van der Waals surface area (Å²) in [5, 5.41) is 0. The minimum atomic E-state index is -0.0314. The third-order valence-electron chi connectivity index (χ3n) is 16.8. The molecule has 0 aliphatic heterocycles. The summed E-state index contributed by atoms with van der Waals surface area (Å²) in [6.45, 7) is 10.4. The van der Waals surface area contributed by atoms with Crippen molar-refractivity contribution < 1.29 is 23.7 Å². The first-order valence-corrected chi connectivity index (χ1v) is 34.0. The van der Waals surface area contributed by atoms with Crippen molar-refractivity contribution in [3.63, 3.8) is 0 Å². The molecule has 0 radical (unpaired) electrons. The van der Waals surface area contributed by atoms with Crippen LogP contribution in [0.2, 0.25) is 0 Å². The molecule has 75 heavy (non-hydrogen) atoms. The maximum atomic E-state index is 6.95. The number of nitrogens with two attached hydrogens (primary N) is 1.